The van der Waals surface area contributed by atoms with Crippen LogP contribution < -0.4 is 5.73 Å². The number of hydrogen-bond donors (Lipinski definition) is 1. The highest BCUT2D eigenvalue weighted by atomic mass is 16.5. The molecule has 2 N–H and O–H groups in total. The van der Waals surface area contributed by atoms with Crippen molar-refractivity contribution in [3.63, 3.8) is 0 Å². The fourth-order valence-corrected chi connectivity index (χ4v) is 2.53. The Morgan fingerprint density at radius 1 is 1.56 bits per heavy atom. The molecule has 0 aromatic carbocycles. The molecule has 1 aliphatic carbocycles. The lowest BCUT2D eigenvalue weighted by Gasteiger charge is -2.18. The van der Waals surface area contributed by atoms with E-state index in [9.17, 15) is 9.59 Å². The zero-order valence-corrected chi connectivity index (χ0v) is 10.5. The SMILES string of the molecule is COC(=O)CC1C(N)CC(=O)C1c1ccc(C)o1. The zero-order valence-electron chi connectivity index (χ0n) is 10.5. The van der Waals surface area contributed by atoms with Crippen LogP contribution in [0, 0.1) is 12.8 Å². The largest absolute Gasteiger partial charge is 0.469 e. The van der Waals surface area contributed by atoms with Crippen molar-refractivity contribution in [3.8, 4) is 0 Å². The van der Waals surface area contributed by atoms with Crippen LogP contribution in [0.25, 0.3) is 0 Å². The van der Waals surface area contributed by atoms with Gasteiger partial charge >= 0.3 is 5.97 Å². The molecule has 3 atom stereocenters. The van der Waals surface area contributed by atoms with Gasteiger partial charge in [0.2, 0.25) is 0 Å². The topological polar surface area (TPSA) is 82.5 Å². The van der Waals surface area contributed by atoms with Crippen molar-refractivity contribution in [2.24, 2.45) is 11.7 Å². The van der Waals surface area contributed by atoms with Crippen LogP contribution in [0.5, 0.6) is 0 Å². The maximum Gasteiger partial charge on any atom is 0.305 e. The maximum atomic E-state index is 12.0. The molecule has 0 spiro atoms. The van der Waals surface area contributed by atoms with Crippen LogP contribution in [-0.2, 0) is 14.3 Å². The normalized spacial score (nSPS) is 27.5. The van der Waals surface area contributed by atoms with Gasteiger partial charge in [-0.25, -0.2) is 0 Å². The minimum atomic E-state index is -0.423. The van der Waals surface area contributed by atoms with E-state index in [0.29, 0.717) is 5.76 Å². The summed E-state index contributed by atoms with van der Waals surface area (Å²) in [6, 6.07) is 3.27. The third kappa shape index (κ3) is 2.31. The molecule has 1 fully saturated rings. The molecule has 1 aromatic heterocycles. The highest BCUT2D eigenvalue weighted by Gasteiger charge is 2.44. The number of carbonyl (C=O) groups excluding carboxylic acids is 2. The van der Waals surface area contributed by atoms with Crippen molar-refractivity contribution < 1.29 is 18.7 Å². The summed E-state index contributed by atoms with van der Waals surface area (Å²) in [5.41, 5.74) is 5.94. The zero-order chi connectivity index (χ0) is 13.3. The quantitative estimate of drug-likeness (QED) is 0.815. The summed E-state index contributed by atoms with van der Waals surface area (Å²) in [6.45, 7) is 1.82. The van der Waals surface area contributed by atoms with E-state index in [1.165, 1.54) is 7.11 Å². The van der Waals surface area contributed by atoms with E-state index in [-0.39, 0.29) is 36.6 Å². The smallest absolute Gasteiger partial charge is 0.305 e. The third-order valence-corrected chi connectivity index (χ3v) is 3.46. The van der Waals surface area contributed by atoms with Crippen LogP contribution >= 0.6 is 0 Å². The van der Waals surface area contributed by atoms with Crippen molar-refractivity contribution in [2.45, 2.75) is 31.7 Å². The molecule has 5 nitrogen and oxygen atoms in total. The number of furan rings is 1. The summed E-state index contributed by atoms with van der Waals surface area (Å²) in [6.07, 6.45) is 0.430. The van der Waals surface area contributed by atoms with E-state index in [1.54, 1.807) is 6.07 Å². The summed E-state index contributed by atoms with van der Waals surface area (Å²) in [4.78, 5) is 23.4. The Bertz CT molecular complexity index is 465. The Morgan fingerprint density at radius 2 is 2.28 bits per heavy atom. The van der Waals surface area contributed by atoms with Crippen LogP contribution in [0.1, 0.15) is 30.3 Å². The first kappa shape index (κ1) is 12.8. The van der Waals surface area contributed by atoms with E-state index in [2.05, 4.69) is 4.74 Å². The van der Waals surface area contributed by atoms with Gasteiger partial charge in [0.25, 0.3) is 0 Å². The number of hydrogen-bond acceptors (Lipinski definition) is 5. The number of ketones is 1. The van der Waals surface area contributed by atoms with Gasteiger partial charge in [-0.15, -0.1) is 0 Å². The second kappa shape index (κ2) is 4.94. The lowest BCUT2D eigenvalue weighted by molar-refractivity contribution is -0.141. The summed E-state index contributed by atoms with van der Waals surface area (Å²) < 4.78 is 10.2. The molecular weight excluding hydrogens is 234 g/mol. The number of rotatable bonds is 3. The Kier molecular flexibility index (Phi) is 3.52. The number of esters is 1. The summed E-state index contributed by atoms with van der Waals surface area (Å²) >= 11 is 0. The molecule has 0 aliphatic heterocycles. The van der Waals surface area contributed by atoms with Gasteiger partial charge in [-0.3, -0.25) is 9.59 Å². The average molecular weight is 251 g/mol. The molecule has 1 heterocycles. The molecule has 0 bridgehead atoms. The molecule has 0 radical (unpaired) electrons. The molecule has 5 heteroatoms. The minimum Gasteiger partial charge on any atom is -0.469 e. The van der Waals surface area contributed by atoms with Crippen LogP contribution in [-0.4, -0.2) is 24.9 Å². The molecule has 2 rings (SSSR count). The summed E-state index contributed by atoms with van der Waals surface area (Å²) in [7, 11) is 1.33. The molecule has 0 saturated heterocycles. The molecular formula is C13H17NO4. The van der Waals surface area contributed by atoms with Gasteiger partial charge in [0.15, 0.2) is 0 Å². The first-order valence-electron chi connectivity index (χ1n) is 5.94. The Hall–Kier alpha value is -1.62. The predicted octanol–water partition coefficient (Wildman–Crippen LogP) is 1.15. The number of ether oxygens (including phenoxy) is 1. The Morgan fingerprint density at radius 3 is 2.83 bits per heavy atom. The second-order valence-corrected chi connectivity index (χ2v) is 4.70. The lowest BCUT2D eigenvalue weighted by Crippen LogP contribution is -2.29. The van der Waals surface area contributed by atoms with Gasteiger partial charge in [0, 0.05) is 18.4 Å². The Labute approximate surface area is 105 Å². The number of methoxy groups -OCH3 is 1. The van der Waals surface area contributed by atoms with E-state index in [0.717, 1.165) is 5.76 Å². The van der Waals surface area contributed by atoms with Gasteiger partial charge in [-0.05, 0) is 19.1 Å². The average Bonchev–Trinajstić information content (AvgIpc) is 2.84. The molecule has 1 saturated carbocycles. The predicted molar refractivity (Wildman–Crippen MR) is 63.9 cm³/mol. The highest BCUT2D eigenvalue weighted by Crippen LogP contribution is 2.39. The minimum absolute atomic E-state index is 0.0331. The van der Waals surface area contributed by atoms with Crippen molar-refractivity contribution in [3.05, 3.63) is 23.7 Å². The van der Waals surface area contributed by atoms with Crippen LogP contribution in [0.4, 0.5) is 0 Å². The third-order valence-electron chi connectivity index (χ3n) is 3.46. The highest BCUT2D eigenvalue weighted by molar-refractivity contribution is 5.89. The molecule has 0 amide bonds. The monoisotopic (exact) mass is 251 g/mol. The number of carbonyl (C=O) groups is 2. The van der Waals surface area contributed by atoms with E-state index in [1.807, 2.05) is 13.0 Å². The second-order valence-electron chi connectivity index (χ2n) is 4.70. The van der Waals surface area contributed by atoms with E-state index in [4.69, 9.17) is 10.2 Å². The number of aryl methyl sites for hydroxylation is 1. The van der Waals surface area contributed by atoms with Crippen LogP contribution in [0.2, 0.25) is 0 Å². The van der Waals surface area contributed by atoms with Crippen molar-refractivity contribution in [2.75, 3.05) is 7.11 Å². The number of Topliss-reactive ketones (excluding diaryl/α,β-unsaturated/α-hetero) is 1. The van der Waals surface area contributed by atoms with Crippen molar-refractivity contribution in [1.82, 2.24) is 0 Å². The first-order chi connectivity index (χ1) is 8.52. The molecule has 98 valence electrons. The maximum absolute atomic E-state index is 12.0. The summed E-state index contributed by atoms with van der Waals surface area (Å²) in [5, 5.41) is 0. The van der Waals surface area contributed by atoms with Gasteiger partial charge in [0.05, 0.1) is 19.4 Å². The lowest BCUT2D eigenvalue weighted by atomic mass is 9.88. The van der Waals surface area contributed by atoms with E-state index >= 15 is 0 Å². The molecule has 3 unspecified atom stereocenters. The fourth-order valence-electron chi connectivity index (χ4n) is 2.53. The van der Waals surface area contributed by atoms with Gasteiger partial charge in [-0.1, -0.05) is 0 Å². The number of nitrogens with two attached hydrogens (primary N) is 1. The first-order valence-corrected chi connectivity index (χ1v) is 5.94. The van der Waals surface area contributed by atoms with E-state index < -0.39 is 5.92 Å². The fraction of sp³-hybridized carbons (Fsp3) is 0.538. The standard InChI is InChI=1S/C13H17NO4/c1-7-3-4-11(18-7)13-8(5-12(16)17-2)9(14)6-10(13)15/h3-4,8-9,13H,5-6,14H2,1-2H3. The molecule has 1 aliphatic rings. The summed E-state index contributed by atoms with van der Waals surface area (Å²) in [5.74, 6) is 0.363. The molecule has 1 aromatic rings. The van der Waals surface area contributed by atoms with Crippen LogP contribution in [0.3, 0.4) is 0 Å². The van der Waals surface area contributed by atoms with Gasteiger partial charge in [0.1, 0.15) is 17.3 Å². The van der Waals surface area contributed by atoms with Gasteiger partial charge in [-0.2, -0.15) is 0 Å². The van der Waals surface area contributed by atoms with Crippen LogP contribution in [0.15, 0.2) is 16.5 Å². The molecule has 18 heavy (non-hydrogen) atoms. The van der Waals surface area contributed by atoms with Crippen molar-refractivity contribution >= 4 is 11.8 Å². The Balaban J connectivity index is 2.24. The van der Waals surface area contributed by atoms with Gasteiger partial charge < -0.3 is 14.9 Å². The van der Waals surface area contributed by atoms with Crippen molar-refractivity contribution in [1.29, 1.82) is 0 Å².